The Bertz CT molecular complexity index is 580. The Morgan fingerprint density at radius 3 is 2.69 bits per heavy atom. The number of carbonyl (C=O) groups is 1. The van der Waals surface area contributed by atoms with Crippen LogP contribution in [0.5, 0.6) is 0 Å². The normalized spacial score (nSPS) is 14.6. The van der Waals surface area contributed by atoms with Gasteiger partial charge < -0.3 is 20.7 Å². The van der Waals surface area contributed by atoms with Gasteiger partial charge in [-0.05, 0) is 31.9 Å². The second kappa shape index (κ2) is 11.7. The van der Waals surface area contributed by atoms with Crippen molar-refractivity contribution in [2.45, 2.75) is 31.8 Å². The monoisotopic (exact) mass is 386 g/mol. The van der Waals surface area contributed by atoms with Crippen LogP contribution in [0, 0.1) is 10.1 Å². The van der Waals surface area contributed by atoms with E-state index in [1.54, 1.807) is 18.2 Å². The van der Waals surface area contributed by atoms with Crippen molar-refractivity contribution in [3.05, 3.63) is 34.4 Å². The highest BCUT2D eigenvalue weighted by Crippen LogP contribution is 2.23. The molecule has 9 heteroatoms. The summed E-state index contributed by atoms with van der Waals surface area (Å²) >= 11 is 0. The average Bonchev–Trinajstić information content (AvgIpc) is 2.62. The molecule has 0 radical (unpaired) electrons. The number of piperidine rings is 1. The van der Waals surface area contributed by atoms with Crippen molar-refractivity contribution < 1.29 is 14.5 Å². The van der Waals surface area contributed by atoms with E-state index in [1.807, 2.05) is 4.90 Å². The van der Waals surface area contributed by atoms with Crippen LogP contribution in [0.1, 0.15) is 25.7 Å². The van der Waals surface area contributed by atoms with Crippen LogP contribution >= 0.6 is 12.4 Å². The van der Waals surface area contributed by atoms with Gasteiger partial charge in [0, 0.05) is 38.7 Å². The number of nitrogens with one attached hydrogen (secondary N) is 1. The summed E-state index contributed by atoms with van der Waals surface area (Å²) in [7, 11) is 0. The minimum Gasteiger partial charge on any atom is -0.379 e. The van der Waals surface area contributed by atoms with Crippen molar-refractivity contribution in [3.63, 3.8) is 0 Å². The minimum absolute atomic E-state index is 0. The van der Waals surface area contributed by atoms with Crippen LogP contribution < -0.4 is 11.1 Å². The predicted octanol–water partition coefficient (Wildman–Crippen LogP) is 2.17. The summed E-state index contributed by atoms with van der Waals surface area (Å²) in [5.41, 5.74) is 5.90. The van der Waals surface area contributed by atoms with Gasteiger partial charge in [-0.3, -0.25) is 14.9 Å². The standard InChI is InChI=1S/C17H26N4O4.ClH/c18-9-3-13-25-14-7-11-20(12-8-14)17(22)6-10-19-15-4-1-2-5-16(15)21(23)24;/h1-2,4-5,14,19H,3,6-13,18H2;1H. The molecule has 1 heterocycles. The van der Waals surface area contributed by atoms with Crippen molar-refractivity contribution in [3.8, 4) is 0 Å². The number of nitro benzene ring substituents is 1. The van der Waals surface area contributed by atoms with Crippen LogP contribution in [-0.2, 0) is 9.53 Å². The number of ether oxygens (including phenoxy) is 1. The number of rotatable bonds is 9. The first kappa shape index (κ1) is 22.1. The fraction of sp³-hybridized carbons (Fsp3) is 0.588. The molecular weight excluding hydrogens is 360 g/mol. The molecule has 0 spiro atoms. The predicted molar refractivity (Wildman–Crippen MR) is 103 cm³/mol. The van der Waals surface area contributed by atoms with E-state index in [4.69, 9.17) is 10.5 Å². The smallest absolute Gasteiger partial charge is 0.292 e. The zero-order valence-corrected chi connectivity index (χ0v) is 15.6. The lowest BCUT2D eigenvalue weighted by Gasteiger charge is -2.32. The zero-order chi connectivity index (χ0) is 18.1. The number of anilines is 1. The summed E-state index contributed by atoms with van der Waals surface area (Å²) in [5, 5.41) is 13.9. The number of nitro groups is 1. The summed E-state index contributed by atoms with van der Waals surface area (Å²) in [6.07, 6.45) is 3.06. The van der Waals surface area contributed by atoms with Crippen molar-refractivity contribution in [1.82, 2.24) is 4.90 Å². The maximum atomic E-state index is 12.3. The number of amides is 1. The van der Waals surface area contributed by atoms with E-state index in [0.29, 0.717) is 44.9 Å². The molecule has 0 unspecified atom stereocenters. The molecule has 1 aliphatic rings. The van der Waals surface area contributed by atoms with Crippen molar-refractivity contribution in [2.75, 3.05) is 38.1 Å². The molecule has 1 aliphatic heterocycles. The van der Waals surface area contributed by atoms with E-state index < -0.39 is 4.92 Å². The number of hydrogen-bond acceptors (Lipinski definition) is 6. The van der Waals surface area contributed by atoms with E-state index in [-0.39, 0.29) is 30.1 Å². The summed E-state index contributed by atoms with van der Waals surface area (Å²) < 4.78 is 5.73. The number of halogens is 1. The Hall–Kier alpha value is -1.90. The average molecular weight is 387 g/mol. The van der Waals surface area contributed by atoms with Gasteiger partial charge in [0.2, 0.25) is 5.91 Å². The van der Waals surface area contributed by atoms with E-state index in [0.717, 1.165) is 19.3 Å². The topological polar surface area (TPSA) is 111 Å². The van der Waals surface area contributed by atoms with Gasteiger partial charge in [-0.1, -0.05) is 12.1 Å². The molecule has 146 valence electrons. The summed E-state index contributed by atoms with van der Waals surface area (Å²) in [4.78, 5) is 24.6. The molecule has 0 saturated carbocycles. The first-order valence-electron chi connectivity index (χ1n) is 8.68. The number of nitrogens with two attached hydrogens (primary N) is 1. The Morgan fingerprint density at radius 2 is 2.04 bits per heavy atom. The molecule has 1 fully saturated rings. The Balaban J connectivity index is 0.00000338. The first-order chi connectivity index (χ1) is 12.1. The molecule has 0 atom stereocenters. The SMILES string of the molecule is Cl.NCCCOC1CCN(C(=O)CCNc2ccccc2[N+](=O)[O-])CC1. The van der Waals surface area contributed by atoms with Gasteiger partial charge in [0.1, 0.15) is 5.69 Å². The number of carbonyl (C=O) groups excluding carboxylic acids is 1. The third-order valence-electron chi connectivity index (χ3n) is 4.25. The second-order valence-electron chi connectivity index (χ2n) is 6.04. The lowest BCUT2D eigenvalue weighted by molar-refractivity contribution is -0.384. The maximum absolute atomic E-state index is 12.3. The molecule has 1 amide bonds. The fourth-order valence-corrected chi connectivity index (χ4v) is 2.85. The highest BCUT2D eigenvalue weighted by Gasteiger charge is 2.23. The largest absolute Gasteiger partial charge is 0.379 e. The van der Waals surface area contributed by atoms with Gasteiger partial charge in [0.15, 0.2) is 0 Å². The van der Waals surface area contributed by atoms with Crippen LogP contribution in [0.15, 0.2) is 24.3 Å². The number of likely N-dealkylation sites (tertiary alicyclic amines) is 1. The fourth-order valence-electron chi connectivity index (χ4n) is 2.85. The lowest BCUT2D eigenvalue weighted by Crippen LogP contribution is -2.41. The lowest BCUT2D eigenvalue weighted by atomic mass is 10.1. The molecule has 0 aliphatic carbocycles. The third-order valence-corrected chi connectivity index (χ3v) is 4.25. The van der Waals surface area contributed by atoms with Crippen molar-refractivity contribution in [1.29, 1.82) is 0 Å². The first-order valence-corrected chi connectivity index (χ1v) is 8.68. The van der Waals surface area contributed by atoms with Gasteiger partial charge in [0.25, 0.3) is 5.69 Å². The molecule has 1 aromatic carbocycles. The summed E-state index contributed by atoms with van der Waals surface area (Å²) in [6.45, 7) is 3.06. The van der Waals surface area contributed by atoms with Crippen LogP contribution in [0.4, 0.5) is 11.4 Å². The molecular formula is C17H27ClN4O4. The highest BCUT2D eigenvalue weighted by atomic mass is 35.5. The molecule has 8 nitrogen and oxygen atoms in total. The number of para-hydroxylation sites is 2. The summed E-state index contributed by atoms with van der Waals surface area (Å²) in [5.74, 6) is 0.0616. The van der Waals surface area contributed by atoms with Crippen LogP contribution in [0.25, 0.3) is 0 Å². The van der Waals surface area contributed by atoms with Gasteiger partial charge in [-0.2, -0.15) is 0 Å². The Labute approximate surface area is 159 Å². The van der Waals surface area contributed by atoms with Crippen LogP contribution in [0.2, 0.25) is 0 Å². The molecule has 2 rings (SSSR count). The number of nitrogens with zero attached hydrogens (tertiary/aromatic N) is 2. The molecule has 0 aromatic heterocycles. The van der Waals surface area contributed by atoms with Gasteiger partial charge >= 0.3 is 0 Å². The molecule has 1 saturated heterocycles. The highest BCUT2D eigenvalue weighted by molar-refractivity contribution is 5.85. The Kier molecular flexibility index (Phi) is 9.93. The van der Waals surface area contributed by atoms with Gasteiger partial charge in [-0.25, -0.2) is 0 Å². The summed E-state index contributed by atoms with van der Waals surface area (Å²) in [6, 6.07) is 6.44. The quantitative estimate of drug-likeness (QED) is 0.382. The van der Waals surface area contributed by atoms with Crippen molar-refractivity contribution in [2.24, 2.45) is 5.73 Å². The molecule has 3 N–H and O–H groups in total. The Morgan fingerprint density at radius 1 is 1.35 bits per heavy atom. The van der Waals surface area contributed by atoms with E-state index in [2.05, 4.69) is 5.32 Å². The molecule has 0 bridgehead atoms. The number of benzene rings is 1. The molecule has 1 aromatic rings. The van der Waals surface area contributed by atoms with E-state index >= 15 is 0 Å². The zero-order valence-electron chi connectivity index (χ0n) is 14.8. The van der Waals surface area contributed by atoms with Crippen LogP contribution in [-0.4, -0.2) is 54.6 Å². The number of hydrogen-bond donors (Lipinski definition) is 2. The second-order valence-corrected chi connectivity index (χ2v) is 6.04. The molecule has 26 heavy (non-hydrogen) atoms. The van der Waals surface area contributed by atoms with Crippen LogP contribution in [0.3, 0.4) is 0 Å². The van der Waals surface area contributed by atoms with Crippen molar-refractivity contribution >= 4 is 29.7 Å². The maximum Gasteiger partial charge on any atom is 0.292 e. The van der Waals surface area contributed by atoms with E-state index in [9.17, 15) is 14.9 Å². The van der Waals surface area contributed by atoms with Gasteiger partial charge in [-0.15, -0.1) is 12.4 Å². The third kappa shape index (κ3) is 6.78. The minimum atomic E-state index is -0.431. The van der Waals surface area contributed by atoms with Gasteiger partial charge in [0.05, 0.1) is 11.0 Å². The van der Waals surface area contributed by atoms with E-state index in [1.165, 1.54) is 6.07 Å².